The van der Waals surface area contributed by atoms with Gasteiger partial charge in [-0.3, -0.25) is 4.79 Å². The highest BCUT2D eigenvalue weighted by atomic mass is 16.5. The Labute approximate surface area is 123 Å². The molecular weight excluding hydrogens is 268 g/mol. The lowest BCUT2D eigenvalue weighted by atomic mass is 10.1. The van der Waals surface area contributed by atoms with Crippen LogP contribution in [0, 0.1) is 6.92 Å². The van der Waals surface area contributed by atoms with Gasteiger partial charge in [-0.2, -0.15) is 4.98 Å². The molecule has 0 fully saturated rings. The first-order valence-corrected chi connectivity index (χ1v) is 6.90. The van der Waals surface area contributed by atoms with E-state index < -0.39 is 0 Å². The van der Waals surface area contributed by atoms with Crippen molar-refractivity contribution in [2.45, 2.75) is 39.2 Å². The highest BCUT2D eigenvalue weighted by Crippen LogP contribution is 2.16. The molecule has 112 valence electrons. The molecule has 0 saturated heterocycles. The molecule has 1 heterocycles. The van der Waals surface area contributed by atoms with Crippen LogP contribution in [-0.4, -0.2) is 22.1 Å². The topological polar surface area (TPSA) is 94.0 Å². The van der Waals surface area contributed by atoms with Crippen LogP contribution in [0.2, 0.25) is 0 Å². The largest absolute Gasteiger partial charge is 0.339 e. The van der Waals surface area contributed by atoms with Crippen LogP contribution in [0.1, 0.15) is 37.0 Å². The van der Waals surface area contributed by atoms with Crippen LogP contribution in [-0.2, 0) is 11.2 Å². The number of aryl methyl sites for hydroxylation is 1. The standard InChI is InChI=1S/C15H20N4O2/c1-9-4-6-12(7-5-9)17-14(20)8-13-18-15(21-19-13)10(2)11(3)16/h4-7,10-11H,8,16H2,1-3H3,(H,17,20). The van der Waals surface area contributed by atoms with E-state index in [0.717, 1.165) is 11.3 Å². The highest BCUT2D eigenvalue weighted by Gasteiger charge is 2.19. The molecule has 2 rings (SSSR count). The molecule has 2 unspecified atom stereocenters. The third kappa shape index (κ3) is 4.13. The number of aromatic nitrogens is 2. The summed E-state index contributed by atoms with van der Waals surface area (Å²) in [5, 5.41) is 6.61. The molecule has 2 atom stereocenters. The summed E-state index contributed by atoms with van der Waals surface area (Å²) in [6.45, 7) is 5.78. The van der Waals surface area contributed by atoms with Gasteiger partial charge in [-0.25, -0.2) is 0 Å². The van der Waals surface area contributed by atoms with E-state index in [0.29, 0.717) is 11.7 Å². The maximum absolute atomic E-state index is 11.9. The molecule has 21 heavy (non-hydrogen) atoms. The summed E-state index contributed by atoms with van der Waals surface area (Å²) in [5.74, 6) is 0.608. The van der Waals surface area contributed by atoms with E-state index in [2.05, 4.69) is 15.5 Å². The molecule has 0 aliphatic rings. The van der Waals surface area contributed by atoms with Crippen molar-refractivity contribution in [2.24, 2.45) is 5.73 Å². The molecule has 2 aromatic rings. The minimum atomic E-state index is -0.181. The normalized spacial score (nSPS) is 13.7. The Morgan fingerprint density at radius 2 is 2.00 bits per heavy atom. The Morgan fingerprint density at radius 3 is 2.62 bits per heavy atom. The number of rotatable bonds is 5. The van der Waals surface area contributed by atoms with E-state index in [-0.39, 0.29) is 24.3 Å². The average molecular weight is 288 g/mol. The Morgan fingerprint density at radius 1 is 1.33 bits per heavy atom. The van der Waals surface area contributed by atoms with Crippen molar-refractivity contribution in [3.63, 3.8) is 0 Å². The average Bonchev–Trinajstić information content (AvgIpc) is 2.88. The summed E-state index contributed by atoms with van der Waals surface area (Å²) in [6.07, 6.45) is 0.0725. The number of hydrogen-bond donors (Lipinski definition) is 2. The van der Waals surface area contributed by atoms with Gasteiger partial charge in [0.15, 0.2) is 5.82 Å². The Bertz CT molecular complexity index is 604. The van der Waals surface area contributed by atoms with Gasteiger partial charge in [0.05, 0.1) is 12.3 Å². The minimum absolute atomic E-state index is 0.0357. The number of hydrogen-bond acceptors (Lipinski definition) is 5. The Balaban J connectivity index is 1.95. The summed E-state index contributed by atoms with van der Waals surface area (Å²) in [4.78, 5) is 16.1. The lowest BCUT2D eigenvalue weighted by molar-refractivity contribution is -0.115. The predicted octanol–water partition coefficient (Wildman–Crippen LogP) is 2.01. The highest BCUT2D eigenvalue weighted by molar-refractivity contribution is 5.91. The van der Waals surface area contributed by atoms with Crippen molar-refractivity contribution in [1.82, 2.24) is 10.1 Å². The molecule has 0 bridgehead atoms. The fourth-order valence-corrected chi connectivity index (χ4v) is 1.73. The van der Waals surface area contributed by atoms with Crippen molar-refractivity contribution in [2.75, 3.05) is 5.32 Å². The third-order valence-corrected chi connectivity index (χ3v) is 3.32. The zero-order valence-corrected chi connectivity index (χ0v) is 12.5. The van der Waals surface area contributed by atoms with E-state index in [1.807, 2.05) is 45.0 Å². The maximum Gasteiger partial charge on any atom is 0.232 e. The second kappa shape index (κ2) is 6.49. The van der Waals surface area contributed by atoms with Gasteiger partial charge in [0.1, 0.15) is 0 Å². The summed E-state index contributed by atoms with van der Waals surface area (Å²) in [7, 11) is 0. The number of nitrogens with zero attached hydrogens (tertiary/aromatic N) is 2. The first kappa shape index (κ1) is 15.2. The fourth-order valence-electron chi connectivity index (χ4n) is 1.73. The molecule has 6 heteroatoms. The fraction of sp³-hybridized carbons (Fsp3) is 0.400. The summed E-state index contributed by atoms with van der Waals surface area (Å²) < 4.78 is 5.13. The second-order valence-corrected chi connectivity index (χ2v) is 5.29. The lowest BCUT2D eigenvalue weighted by Gasteiger charge is -2.09. The van der Waals surface area contributed by atoms with Crippen molar-refractivity contribution in [3.05, 3.63) is 41.5 Å². The first-order chi connectivity index (χ1) is 9.95. The minimum Gasteiger partial charge on any atom is -0.339 e. The number of nitrogens with one attached hydrogen (secondary N) is 1. The van der Waals surface area contributed by atoms with E-state index in [9.17, 15) is 4.79 Å². The van der Waals surface area contributed by atoms with Gasteiger partial charge >= 0.3 is 0 Å². The Hall–Kier alpha value is -2.21. The van der Waals surface area contributed by atoms with Gasteiger partial charge in [0.2, 0.25) is 11.8 Å². The van der Waals surface area contributed by atoms with E-state index in [1.54, 1.807) is 0 Å². The van der Waals surface area contributed by atoms with Crippen molar-refractivity contribution in [1.29, 1.82) is 0 Å². The number of amides is 1. The smallest absolute Gasteiger partial charge is 0.232 e. The molecule has 0 aliphatic carbocycles. The number of anilines is 1. The van der Waals surface area contributed by atoms with Crippen LogP contribution in [0.3, 0.4) is 0 Å². The molecule has 0 aliphatic heterocycles. The lowest BCUT2D eigenvalue weighted by Crippen LogP contribution is -2.22. The van der Waals surface area contributed by atoms with E-state index in [1.165, 1.54) is 0 Å². The third-order valence-electron chi connectivity index (χ3n) is 3.32. The van der Waals surface area contributed by atoms with Gasteiger partial charge < -0.3 is 15.6 Å². The molecule has 1 aromatic heterocycles. The molecule has 1 amide bonds. The zero-order chi connectivity index (χ0) is 15.4. The molecule has 0 saturated carbocycles. The van der Waals surface area contributed by atoms with Crippen molar-refractivity contribution in [3.8, 4) is 0 Å². The van der Waals surface area contributed by atoms with Crippen LogP contribution >= 0.6 is 0 Å². The molecule has 0 radical (unpaired) electrons. The van der Waals surface area contributed by atoms with Crippen LogP contribution in [0.5, 0.6) is 0 Å². The number of benzene rings is 1. The molecular formula is C15H20N4O2. The number of nitrogens with two attached hydrogens (primary N) is 1. The van der Waals surface area contributed by atoms with Crippen molar-refractivity contribution < 1.29 is 9.32 Å². The molecule has 3 N–H and O–H groups in total. The summed E-state index contributed by atoms with van der Waals surface area (Å²) in [5.41, 5.74) is 7.67. The second-order valence-electron chi connectivity index (χ2n) is 5.29. The van der Waals surface area contributed by atoms with Crippen LogP contribution in [0.4, 0.5) is 5.69 Å². The van der Waals surface area contributed by atoms with E-state index in [4.69, 9.17) is 10.3 Å². The van der Waals surface area contributed by atoms with E-state index >= 15 is 0 Å². The number of carbonyl (C=O) groups excluding carboxylic acids is 1. The van der Waals surface area contributed by atoms with Crippen LogP contribution in [0.15, 0.2) is 28.8 Å². The van der Waals surface area contributed by atoms with Gasteiger partial charge in [-0.05, 0) is 26.0 Å². The monoisotopic (exact) mass is 288 g/mol. The quantitative estimate of drug-likeness (QED) is 0.877. The number of carbonyl (C=O) groups is 1. The SMILES string of the molecule is Cc1ccc(NC(=O)Cc2noc(C(C)C(C)N)n2)cc1. The van der Waals surface area contributed by atoms with Gasteiger partial charge in [-0.1, -0.05) is 29.8 Å². The van der Waals surface area contributed by atoms with Gasteiger partial charge in [-0.15, -0.1) is 0 Å². The molecule has 6 nitrogen and oxygen atoms in total. The van der Waals surface area contributed by atoms with Crippen LogP contribution < -0.4 is 11.1 Å². The van der Waals surface area contributed by atoms with Crippen LogP contribution in [0.25, 0.3) is 0 Å². The zero-order valence-electron chi connectivity index (χ0n) is 12.5. The summed E-state index contributed by atoms with van der Waals surface area (Å²) >= 11 is 0. The predicted molar refractivity (Wildman–Crippen MR) is 79.9 cm³/mol. The van der Waals surface area contributed by atoms with Crippen molar-refractivity contribution >= 4 is 11.6 Å². The maximum atomic E-state index is 11.9. The molecule has 0 spiro atoms. The van der Waals surface area contributed by atoms with Gasteiger partial charge in [0.25, 0.3) is 0 Å². The molecule has 1 aromatic carbocycles. The Kier molecular flexibility index (Phi) is 4.70. The first-order valence-electron chi connectivity index (χ1n) is 6.90. The summed E-state index contributed by atoms with van der Waals surface area (Å²) in [6, 6.07) is 7.50. The van der Waals surface area contributed by atoms with Gasteiger partial charge in [0, 0.05) is 11.7 Å².